The molecule has 2 aromatic carbocycles. The van der Waals surface area contributed by atoms with Crippen LogP contribution in [0.5, 0.6) is 5.75 Å². The zero-order valence-corrected chi connectivity index (χ0v) is 19.4. The highest BCUT2D eigenvalue weighted by atomic mass is 28.2. The highest BCUT2D eigenvalue weighted by Crippen LogP contribution is 2.44. The summed E-state index contributed by atoms with van der Waals surface area (Å²) in [6.45, 7) is 2.26. The third-order valence-corrected chi connectivity index (χ3v) is 9.62. The van der Waals surface area contributed by atoms with Crippen molar-refractivity contribution in [2.75, 3.05) is 7.11 Å². The van der Waals surface area contributed by atoms with E-state index in [1.54, 1.807) is 19.5 Å². The van der Waals surface area contributed by atoms with Crippen LogP contribution in [0.25, 0.3) is 22.6 Å². The Kier molecular flexibility index (Phi) is 4.90. The zero-order valence-electron chi connectivity index (χ0n) is 18.0. The minimum Gasteiger partial charge on any atom is -0.493 e. The fourth-order valence-corrected chi connectivity index (χ4v) is 7.92. The lowest BCUT2D eigenvalue weighted by Gasteiger charge is -2.29. The minimum atomic E-state index is -0.446. The summed E-state index contributed by atoms with van der Waals surface area (Å²) in [5.74, 6) is 2.86. The van der Waals surface area contributed by atoms with Crippen LogP contribution in [0.1, 0.15) is 30.3 Å². The molecule has 1 aliphatic heterocycles. The third-order valence-electron chi connectivity index (χ3n) is 6.48. The summed E-state index contributed by atoms with van der Waals surface area (Å²) in [5, 5.41) is 18.2. The maximum absolute atomic E-state index is 9.54. The number of oxazole rings is 1. The van der Waals surface area contributed by atoms with E-state index in [4.69, 9.17) is 14.1 Å². The van der Waals surface area contributed by atoms with Crippen LogP contribution < -0.4 is 4.74 Å². The van der Waals surface area contributed by atoms with Crippen molar-refractivity contribution in [2.45, 2.75) is 31.0 Å². The fraction of sp³-hybridized carbons (Fsp3) is 0.348. The summed E-state index contributed by atoms with van der Waals surface area (Å²) in [6, 6.07) is 13.4. The van der Waals surface area contributed by atoms with Crippen molar-refractivity contribution in [3.63, 3.8) is 0 Å². The third kappa shape index (κ3) is 3.26. The van der Waals surface area contributed by atoms with Crippen molar-refractivity contribution in [3.05, 3.63) is 59.7 Å². The van der Waals surface area contributed by atoms with Gasteiger partial charge in [-0.25, -0.2) is 4.98 Å². The Morgan fingerprint density at radius 1 is 1.32 bits per heavy atom. The van der Waals surface area contributed by atoms with Crippen LogP contribution in [0.2, 0.25) is 6.04 Å². The van der Waals surface area contributed by atoms with Gasteiger partial charge in [0.25, 0.3) is 0 Å². The van der Waals surface area contributed by atoms with Crippen molar-refractivity contribution >= 4 is 20.6 Å². The van der Waals surface area contributed by atoms with E-state index in [9.17, 15) is 5.11 Å². The molecule has 1 aliphatic rings. The molecule has 0 spiro atoms. The van der Waals surface area contributed by atoms with Crippen LogP contribution in [0.15, 0.2) is 47.1 Å². The van der Waals surface area contributed by atoms with Gasteiger partial charge in [-0.3, -0.25) is 0 Å². The lowest BCUT2D eigenvalue weighted by molar-refractivity contribution is 0.281. The van der Waals surface area contributed by atoms with Crippen molar-refractivity contribution in [3.8, 4) is 17.2 Å². The molecule has 3 heterocycles. The molecule has 0 unspecified atom stereocenters. The molecule has 1 saturated heterocycles. The summed E-state index contributed by atoms with van der Waals surface area (Å²) in [4.78, 5) is 4.71. The van der Waals surface area contributed by atoms with Crippen LogP contribution in [0.3, 0.4) is 0 Å². The molecule has 1 fully saturated rings. The second kappa shape index (κ2) is 7.62. The molecule has 8 heteroatoms. The molecule has 31 heavy (non-hydrogen) atoms. The van der Waals surface area contributed by atoms with Crippen LogP contribution in [-0.2, 0) is 18.7 Å². The van der Waals surface area contributed by atoms with E-state index in [-0.39, 0.29) is 11.6 Å². The number of nitrogens with zero attached hydrogens (tertiary/aromatic N) is 4. The Morgan fingerprint density at radius 3 is 2.87 bits per heavy atom. The molecular formula is C23H26N4O3Si. The number of aliphatic hydroxyl groups is 1. The van der Waals surface area contributed by atoms with Gasteiger partial charge < -0.3 is 18.8 Å². The van der Waals surface area contributed by atoms with Crippen molar-refractivity contribution in [1.29, 1.82) is 0 Å². The normalized spacial score (nSPS) is 21.9. The summed E-state index contributed by atoms with van der Waals surface area (Å²) in [5.41, 5.74) is 4.20. The highest BCUT2D eigenvalue weighted by Gasteiger charge is 2.44. The van der Waals surface area contributed by atoms with Crippen LogP contribution >= 0.6 is 0 Å². The number of methoxy groups -OCH3 is 1. The predicted molar refractivity (Wildman–Crippen MR) is 121 cm³/mol. The summed E-state index contributed by atoms with van der Waals surface area (Å²) >= 11 is 0. The Bertz CT molecular complexity index is 1250. The van der Waals surface area contributed by atoms with Gasteiger partial charge in [0.15, 0.2) is 11.3 Å². The average molecular weight is 435 g/mol. The van der Waals surface area contributed by atoms with Crippen LogP contribution in [0, 0.1) is 5.92 Å². The Labute approximate surface area is 182 Å². The summed E-state index contributed by atoms with van der Waals surface area (Å²) < 4.78 is 13.6. The number of rotatable bonds is 5. The van der Waals surface area contributed by atoms with Crippen molar-refractivity contribution < 1.29 is 14.3 Å². The number of benzene rings is 2. The van der Waals surface area contributed by atoms with Gasteiger partial charge >= 0.3 is 0 Å². The molecule has 0 bridgehead atoms. The van der Waals surface area contributed by atoms with E-state index in [0.717, 1.165) is 23.4 Å². The first kappa shape index (κ1) is 20.0. The second-order valence-corrected chi connectivity index (χ2v) is 10.9. The summed E-state index contributed by atoms with van der Waals surface area (Å²) in [7, 11) is 3.18. The number of ether oxygens (including phenoxy) is 1. The molecule has 0 amide bonds. The van der Waals surface area contributed by atoms with E-state index in [2.05, 4.69) is 39.9 Å². The zero-order chi connectivity index (χ0) is 21.6. The number of hydrogen-bond donors (Lipinski definition) is 1. The van der Waals surface area contributed by atoms with E-state index >= 15 is 0 Å². The Hall–Kier alpha value is -2.97. The molecule has 0 radical (unpaired) electrons. The van der Waals surface area contributed by atoms with Crippen LogP contribution in [-0.4, -0.2) is 41.5 Å². The Morgan fingerprint density at radius 2 is 2.19 bits per heavy atom. The number of hydrogen-bond acceptors (Lipinski definition) is 6. The Balaban J connectivity index is 1.63. The van der Waals surface area contributed by atoms with E-state index in [0.29, 0.717) is 28.7 Å². The molecule has 4 aromatic rings. The number of fused-ring (bicyclic) bond motifs is 1. The quantitative estimate of drug-likeness (QED) is 0.486. The predicted octanol–water partition coefficient (Wildman–Crippen LogP) is 2.99. The molecule has 1 N–H and O–H groups in total. The first-order valence-electron chi connectivity index (χ1n) is 10.6. The minimum absolute atomic E-state index is 0.0333. The van der Waals surface area contributed by atoms with Gasteiger partial charge in [-0.1, -0.05) is 25.1 Å². The monoisotopic (exact) mass is 434 g/mol. The van der Waals surface area contributed by atoms with Crippen LogP contribution in [0.4, 0.5) is 0 Å². The molecule has 2 atom stereocenters. The molecule has 160 valence electrons. The molecule has 2 aromatic heterocycles. The van der Waals surface area contributed by atoms with Gasteiger partial charge in [0.1, 0.15) is 17.7 Å². The van der Waals surface area contributed by atoms with Gasteiger partial charge in [0, 0.05) is 27.2 Å². The molecule has 5 rings (SSSR count). The molecule has 0 saturated carbocycles. The van der Waals surface area contributed by atoms with Gasteiger partial charge in [-0.15, -0.1) is 10.2 Å². The van der Waals surface area contributed by atoms with Crippen molar-refractivity contribution in [1.82, 2.24) is 19.7 Å². The first-order valence-corrected chi connectivity index (χ1v) is 12.3. The molecular weight excluding hydrogens is 408 g/mol. The standard InChI is InChI=1S/C23H26N4O3Si/c1-14-10-23(31-12-14,22-26-24-13-27(22)2)17-6-4-5-16(9-17)21-25-18-7-15(11-28)8-19(29-3)20(18)30-21/h4-9,13-14,28H,10-12,31H2,1-3H3/t14-,23+/m0/s1. The largest absolute Gasteiger partial charge is 0.493 e. The smallest absolute Gasteiger partial charge is 0.227 e. The van der Waals surface area contributed by atoms with E-state index in [1.165, 1.54) is 11.6 Å². The molecule has 7 nitrogen and oxygen atoms in total. The second-order valence-electron chi connectivity index (χ2n) is 8.60. The molecule has 0 aliphatic carbocycles. The summed E-state index contributed by atoms with van der Waals surface area (Å²) in [6.07, 6.45) is 2.89. The number of aliphatic hydroxyl groups excluding tert-OH is 1. The first-order chi connectivity index (χ1) is 15.0. The maximum Gasteiger partial charge on any atom is 0.227 e. The topological polar surface area (TPSA) is 86.2 Å². The lowest BCUT2D eigenvalue weighted by atomic mass is 9.88. The van der Waals surface area contributed by atoms with Crippen molar-refractivity contribution in [2.24, 2.45) is 13.0 Å². The number of aromatic nitrogens is 4. The number of aryl methyl sites for hydroxylation is 1. The average Bonchev–Trinajstić information content (AvgIpc) is 3.51. The van der Waals surface area contributed by atoms with Gasteiger partial charge in [-0.2, -0.15) is 0 Å². The lowest BCUT2D eigenvalue weighted by Crippen LogP contribution is -2.33. The van der Waals surface area contributed by atoms with E-state index < -0.39 is 9.52 Å². The highest BCUT2D eigenvalue weighted by molar-refractivity contribution is 6.42. The van der Waals surface area contributed by atoms with Gasteiger partial charge in [0.2, 0.25) is 5.89 Å². The van der Waals surface area contributed by atoms with E-state index in [1.807, 2.05) is 19.2 Å². The SMILES string of the molecule is COc1cc(CO)cc2nc(-c3cccc([C@@]4(c5nncn5C)C[C@H](C)C[SiH2]4)c3)oc12. The fourth-order valence-electron chi connectivity index (χ4n) is 4.98. The maximum atomic E-state index is 9.54. The van der Waals surface area contributed by atoms with Gasteiger partial charge in [-0.05, 0) is 47.7 Å². The van der Waals surface area contributed by atoms with Gasteiger partial charge in [0.05, 0.1) is 13.7 Å².